The molecule has 0 heterocycles. The molecular weight excluding hydrogens is 204 g/mol. The fourth-order valence-electron chi connectivity index (χ4n) is 0.760. The molecule has 0 saturated heterocycles. The van der Waals surface area contributed by atoms with Crippen LogP contribution in [0, 0.1) is 0 Å². The first-order valence-electron chi connectivity index (χ1n) is 3.16. The molecule has 0 amide bonds. The third-order valence-corrected chi connectivity index (χ3v) is 1.79. The van der Waals surface area contributed by atoms with Crippen LogP contribution in [0.25, 0.3) is 0 Å². The number of halogens is 1. The van der Waals surface area contributed by atoms with Gasteiger partial charge in [-0.15, -0.1) is 0 Å². The van der Waals surface area contributed by atoms with E-state index in [1.165, 1.54) is 6.08 Å². The smallest absolute Gasteiger partial charge is 0.185 e. The summed E-state index contributed by atoms with van der Waals surface area (Å²) < 4.78 is 0.908. The van der Waals surface area contributed by atoms with Gasteiger partial charge in [-0.2, -0.15) is 0 Å². The molecule has 1 nitrogen and oxygen atoms in total. The molecule has 0 aliphatic heterocycles. The summed E-state index contributed by atoms with van der Waals surface area (Å²) in [6.45, 7) is 3.40. The largest absolute Gasteiger partial charge is 0.289 e. The molecule has 0 atom stereocenters. The first-order chi connectivity index (χ1) is 5.24. The zero-order chi connectivity index (χ0) is 8.27. The minimum atomic E-state index is -0.0497. The first-order valence-corrected chi connectivity index (χ1v) is 3.95. The van der Waals surface area contributed by atoms with Gasteiger partial charge in [0.05, 0.1) is 0 Å². The van der Waals surface area contributed by atoms with E-state index in [-0.39, 0.29) is 5.78 Å². The van der Waals surface area contributed by atoms with Gasteiger partial charge in [-0.3, -0.25) is 4.79 Å². The second-order valence-corrected chi connectivity index (χ2v) is 2.99. The topological polar surface area (TPSA) is 17.1 Å². The Morgan fingerprint density at radius 3 is 2.82 bits per heavy atom. The Balaban J connectivity index is 3.05. The van der Waals surface area contributed by atoms with Crippen LogP contribution in [0.4, 0.5) is 0 Å². The van der Waals surface area contributed by atoms with Crippen LogP contribution in [0.15, 0.2) is 41.4 Å². The molecule has 0 saturated carbocycles. The maximum Gasteiger partial charge on any atom is 0.185 e. The van der Waals surface area contributed by atoms with Crippen molar-refractivity contribution in [2.75, 3.05) is 0 Å². The summed E-state index contributed by atoms with van der Waals surface area (Å²) in [6.07, 6.45) is 1.31. The molecule has 0 aliphatic carbocycles. The molecule has 1 aromatic rings. The van der Waals surface area contributed by atoms with Crippen molar-refractivity contribution in [2.24, 2.45) is 0 Å². The van der Waals surface area contributed by atoms with Crippen molar-refractivity contribution < 1.29 is 4.79 Å². The van der Waals surface area contributed by atoms with Crippen LogP contribution in [0.3, 0.4) is 0 Å². The van der Waals surface area contributed by atoms with Gasteiger partial charge in [-0.25, -0.2) is 0 Å². The maximum atomic E-state index is 11.0. The molecule has 0 aliphatic rings. The van der Waals surface area contributed by atoms with E-state index >= 15 is 0 Å². The lowest BCUT2D eigenvalue weighted by Gasteiger charge is -1.94. The second-order valence-electron chi connectivity index (χ2n) is 2.08. The highest BCUT2D eigenvalue weighted by Gasteiger charge is 1.99. The van der Waals surface area contributed by atoms with E-state index in [2.05, 4.69) is 22.5 Å². The molecule has 56 valence electrons. The van der Waals surface area contributed by atoms with Crippen molar-refractivity contribution in [3.8, 4) is 0 Å². The van der Waals surface area contributed by atoms with Gasteiger partial charge in [-0.1, -0.05) is 34.6 Å². The quantitative estimate of drug-likeness (QED) is 0.543. The fourth-order valence-corrected chi connectivity index (χ4v) is 1.16. The molecule has 0 bridgehead atoms. The highest BCUT2D eigenvalue weighted by atomic mass is 79.9. The van der Waals surface area contributed by atoms with Crippen molar-refractivity contribution >= 4 is 21.7 Å². The van der Waals surface area contributed by atoms with Crippen molar-refractivity contribution in [3.05, 3.63) is 47.0 Å². The number of rotatable bonds is 2. The third-order valence-electron chi connectivity index (χ3n) is 1.29. The van der Waals surface area contributed by atoms with Gasteiger partial charge in [0.25, 0.3) is 0 Å². The van der Waals surface area contributed by atoms with Crippen LogP contribution in [-0.4, -0.2) is 5.78 Å². The van der Waals surface area contributed by atoms with Crippen LogP contribution in [0.2, 0.25) is 0 Å². The van der Waals surface area contributed by atoms with E-state index < -0.39 is 0 Å². The summed E-state index contributed by atoms with van der Waals surface area (Å²) in [6, 6.07) is 7.22. The number of benzene rings is 1. The number of allylic oxidation sites excluding steroid dienone is 1. The second kappa shape index (κ2) is 3.49. The van der Waals surface area contributed by atoms with Crippen molar-refractivity contribution in [3.63, 3.8) is 0 Å². The molecule has 0 spiro atoms. The molecule has 11 heavy (non-hydrogen) atoms. The summed E-state index contributed by atoms with van der Waals surface area (Å²) in [5.41, 5.74) is 0.661. The highest BCUT2D eigenvalue weighted by Crippen LogP contribution is 2.11. The lowest BCUT2D eigenvalue weighted by Crippen LogP contribution is -1.91. The molecule has 0 aromatic heterocycles. The van der Waals surface area contributed by atoms with Gasteiger partial charge < -0.3 is 0 Å². The third kappa shape index (κ3) is 2.02. The van der Waals surface area contributed by atoms with E-state index in [4.69, 9.17) is 0 Å². The monoisotopic (exact) mass is 210 g/mol. The van der Waals surface area contributed by atoms with Gasteiger partial charge in [0, 0.05) is 10.0 Å². The lowest BCUT2D eigenvalue weighted by atomic mass is 10.1. The van der Waals surface area contributed by atoms with Crippen LogP contribution in [0.5, 0.6) is 0 Å². The van der Waals surface area contributed by atoms with Gasteiger partial charge in [0.2, 0.25) is 0 Å². The van der Waals surface area contributed by atoms with Crippen molar-refractivity contribution in [1.29, 1.82) is 0 Å². The minimum absolute atomic E-state index is 0.0497. The Labute approximate surface area is 73.9 Å². The zero-order valence-electron chi connectivity index (χ0n) is 5.88. The summed E-state index contributed by atoms with van der Waals surface area (Å²) in [5.74, 6) is -0.0497. The van der Waals surface area contributed by atoms with Crippen LogP contribution in [-0.2, 0) is 0 Å². The number of ketones is 1. The van der Waals surface area contributed by atoms with Crippen LogP contribution < -0.4 is 0 Å². The Kier molecular flexibility index (Phi) is 2.60. The van der Waals surface area contributed by atoms with Crippen molar-refractivity contribution in [1.82, 2.24) is 0 Å². The SMILES string of the molecule is C=CC(=O)c1cccc(Br)c1. The average molecular weight is 211 g/mol. The van der Waals surface area contributed by atoms with E-state index in [9.17, 15) is 4.79 Å². The molecule has 1 aromatic carbocycles. The molecule has 0 unspecified atom stereocenters. The molecule has 0 radical (unpaired) electrons. The molecular formula is C9H7BrO. The first kappa shape index (κ1) is 8.21. The number of carbonyl (C=O) groups is 1. The van der Waals surface area contributed by atoms with E-state index in [1.807, 2.05) is 12.1 Å². The Hall–Kier alpha value is -0.890. The molecule has 0 fully saturated rings. The van der Waals surface area contributed by atoms with E-state index in [1.54, 1.807) is 12.1 Å². The van der Waals surface area contributed by atoms with Gasteiger partial charge >= 0.3 is 0 Å². The number of carbonyl (C=O) groups excluding carboxylic acids is 1. The fraction of sp³-hybridized carbons (Fsp3) is 0. The van der Waals surface area contributed by atoms with E-state index in [0.717, 1.165) is 4.47 Å². The standard InChI is InChI=1S/C9H7BrO/c1-2-9(11)7-4-3-5-8(10)6-7/h2-6H,1H2. The summed E-state index contributed by atoms with van der Waals surface area (Å²) in [4.78, 5) is 11.0. The predicted octanol–water partition coefficient (Wildman–Crippen LogP) is 2.82. The number of hydrogen-bond donors (Lipinski definition) is 0. The maximum absolute atomic E-state index is 11.0. The Morgan fingerprint density at radius 2 is 2.27 bits per heavy atom. The minimum Gasteiger partial charge on any atom is -0.289 e. The van der Waals surface area contributed by atoms with Crippen LogP contribution >= 0.6 is 15.9 Å². The molecule has 1 rings (SSSR count). The normalized spacial score (nSPS) is 9.18. The molecule has 2 heteroatoms. The summed E-state index contributed by atoms with van der Waals surface area (Å²) in [7, 11) is 0. The predicted molar refractivity (Wildman–Crippen MR) is 48.7 cm³/mol. The van der Waals surface area contributed by atoms with Gasteiger partial charge in [-0.05, 0) is 18.2 Å². The van der Waals surface area contributed by atoms with Gasteiger partial charge in [0.15, 0.2) is 5.78 Å². The highest BCUT2D eigenvalue weighted by molar-refractivity contribution is 9.10. The Bertz CT molecular complexity index is 291. The average Bonchev–Trinajstić information content (AvgIpc) is 2.03. The van der Waals surface area contributed by atoms with Crippen molar-refractivity contribution in [2.45, 2.75) is 0 Å². The Morgan fingerprint density at radius 1 is 1.55 bits per heavy atom. The number of hydrogen-bond acceptors (Lipinski definition) is 1. The molecule has 0 N–H and O–H groups in total. The van der Waals surface area contributed by atoms with Gasteiger partial charge in [0.1, 0.15) is 0 Å². The summed E-state index contributed by atoms with van der Waals surface area (Å²) in [5, 5.41) is 0. The lowest BCUT2D eigenvalue weighted by molar-refractivity contribution is 0.104. The summed E-state index contributed by atoms with van der Waals surface area (Å²) >= 11 is 3.27. The van der Waals surface area contributed by atoms with E-state index in [0.29, 0.717) is 5.56 Å². The van der Waals surface area contributed by atoms with Crippen LogP contribution in [0.1, 0.15) is 10.4 Å². The zero-order valence-corrected chi connectivity index (χ0v) is 7.47.